The van der Waals surface area contributed by atoms with Crippen LogP contribution in [0.25, 0.3) is 10.4 Å². The Bertz CT molecular complexity index is 835. The van der Waals surface area contributed by atoms with Crippen LogP contribution in [0.1, 0.15) is 53.6 Å². The van der Waals surface area contributed by atoms with Gasteiger partial charge < -0.3 is 10.4 Å². The molecule has 1 aliphatic rings. The fraction of sp³-hybridized carbons (Fsp3) is 0.400. The molecule has 1 aromatic carbocycles. The number of hydrogen-bond donors (Lipinski definition) is 2. The van der Waals surface area contributed by atoms with Crippen molar-refractivity contribution in [3.05, 3.63) is 45.8 Å². The van der Waals surface area contributed by atoms with Gasteiger partial charge in [0.1, 0.15) is 0 Å². The number of carbonyl (C=O) groups excluding carboxylic acids is 1. The van der Waals surface area contributed by atoms with Gasteiger partial charge in [0, 0.05) is 23.2 Å². The van der Waals surface area contributed by atoms with Gasteiger partial charge >= 0.3 is 5.97 Å². The Morgan fingerprint density at radius 1 is 1.28 bits per heavy atom. The second-order valence-electron chi connectivity index (χ2n) is 7.42. The number of aryl methyl sites for hydroxylation is 1. The van der Waals surface area contributed by atoms with Crippen LogP contribution < -0.4 is 5.32 Å². The Hall–Kier alpha value is -2.14. The molecule has 1 amide bonds. The second-order valence-corrected chi connectivity index (χ2v) is 8.53. The lowest BCUT2D eigenvalue weighted by Crippen LogP contribution is -2.22. The Balaban J connectivity index is 2.11. The predicted molar refractivity (Wildman–Crippen MR) is 100 cm³/mol. The molecule has 0 fully saturated rings. The first-order valence-corrected chi connectivity index (χ1v) is 9.31. The van der Waals surface area contributed by atoms with E-state index in [1.165, 1.54) is 11.8 Å². The number of hydrogen-bond acceptors (Lipinski definition) is 3. The molecule has 4 nitrogen and oxygen atoms in total. The van der Waals surface area contributed by atoms with Crippen molar-refractivity contribution in [3.63, 3.8) is 0 Å². The number of benzene rings is 1. The van der Waals surface area contributed by atoms with Gasteiger partial charge in [-0.3, -0.25) is 4.79 Å². The van der Waals surface area contributed by atoms with Crippen LogP contribution in [0.5, 0.6) is 0 Å². The van der Waals surface area contributed by atoms with E-state index in [4.69, 9.17) is 0 Å². The topological polar surface area (TPSA) is 66.4 Å². The maximum Gasteiger partial charge on any atom is 0.337 e. The first kappa shape index (κ1) is 17.7. The number of thiophene rings is 1. The van der Waals surface area contributed by atoms with E-state index >= 15 is 0 Å². The van der Waals surface area contributed by atoms with Crippen LogP contribution in [0.15, 0.2) is 24.3 Å². The van der Waals surface area contributed by atoms with Gasteiger partial charge in [-0.1, -0.05) is 38.1 Å². The van der Waals surface area contributed by atoms with Gasteiger partial charge in [0.2, 0.25) is 5.91 Å². The molecule has 0 saturated carbocycles. The van der Waals surface area contributed by atoms with E-state index in [9.17, 15) is 14.7 Å². The zero-order chi connectivity index (χ0) is 18.2. The van der Waals surface area contributed by atoms with Crippen molar-refractivity contribution in [1.82, 2.24) is 5.32 Å². The van der Waals surface area contributed by atoms with Crippen molar-refractivity contribution in [2.24, 2.45) is 5.41 Å². The fourth-order valence-electron chi connectivity index (χ4n) is 3.45. The van der Waals surface area contributed by atoms with Crippen LogP contribution in [0, 0.1) is 5.41 Å². The Morgan fingerprint density at radius 2 is 2.00 bits per heavy atom. The normalized spacial score (nSPS) is 15.5. The van der Waals surface area contributed by atoms with Crippen LogP contribution in [-0.2, 0) is 24.2 Å². The summed E-state index contributed by atoms with van der Waals surface area (Å²) in [5.41, 5.74) is 3.43. The summed E-state index contributed by atoms with van der Waals surface area (Å²) in [5.74, 6) is -0.958. The van der Waals surface area contributed by atoms with Gasteiger partial charge in [-0.05, 0) is 41.4 Å². The monoisotopic (exact) mass is 357 g/mol. The van der Waals surface area contributed by atoms with Crippen molar-refractivity contribution in [2.45, 2.75) is 46.6 Å². The summed E-state index contributed by atoms with van der Waals surface area (Å²) < 4.78 is 0. The summed E-state index contributed by atoms with van der Waals surface area (Å²) in [6.07, 6.45) is 2.81. The third kappa shape index (κ3) is 3.61. The van der Waals surface area contributed by atoms with Crippen molar-refractivity contribution < 1.29 is 14.7 Å². The number of nitrogens with one attached hydrogen (secondary N) is 1. The van der Waals surface area contributed by atoms with E-state index in [1.54, 1.807) is 11.3 Å². The Morgan fingerprint density at radius 3 is 2.68 bits per heavy atom. The van der Waals surface area contributed by atoms with Gasteiger partial charge in [0.05, 0.1) is 5.56 Å². The number of aromatic carboxylic acids is 1. The molecular formula is C20H23NO3S. The summed E-state index contributed by atoms with van der Waals surface area (Å²) >= 11 is 1.60. The zero-order valence-corrected chi connectivity index (χ0v) is 15.6. The molecule has 5 heteroatoms. The molecule has 0 saturated heterocycles. The Kier molecular flexibility index (Phi) is 4.69. The van der Waals surface area contributed by atoms with E-state index in [1.807, 2.05) is 24.3 Å². The average Bonchev–Trinajstić information content (AvgIpc) is 2.90. The van der Waals surface area contributed by atoms with E-state index < -0.39 is 5.97 Å². The summed E-state index contributed by atoms with van der Waals surface area (Å²) in [6.45, 7) is 6.28. The molecule has 3 rings (SSSR count). The molecule has 2 N–H and O–H groups in total. The van der Waals surface area contributed by atoms with Gasteiger partial charge in [-0.2, -0.15) is 0 Å². The first-order chi connectivity index (χ1) is 11.8. The lowest BCUT2D eigenvalue weighted by Gasteiger charge is -2.29. The number of rotatable bonds is 4. The lowest BCUT2D eigenvalue weighted by atomic mass is 9.76. The van der Waals surface area contributed by atoms with E-state index in [0.29, 0.717) is 12.1 Å². The first-order valence-electron chi connectivity index (χ1n) is 8.49. The average molecular weight is 357 g/mol. The van der Waals surface area contributed by atoms with Crippen molar-refractivity contribution in [2.75, 3.05) is 0 Å². The molecule has 0 bridgehead atoms. The zero-order valence-electron chi connectivity index (χ0n) is 14.8. The van der Waals surface area contributed by atoms with Crippen LogP contribution in [0.4, 0.5) is 0 Å². The van der Waals surface area contributed by atoms with E-state index in [0.717, 1.165) is 40.8 Å². The molecule has 1 aromatic heterocycles. The standard InChI is InChI=1S/C20H23NO3S/c1-12(22)21-11-13-6-4-5-7-14(13)18-17(19(23)24)15-10-20(2,3)9-8-16(15)25-18/h4-7H,8-11H2,1-3H3,(H,21,22)(H,23,24). The highest BCUT2D eigenvalue weighted by molar-refractivity contribution is 7.16. The summed E-state index contributed by atoms with van der Waals surface area (Å²) in [6, 6.07) is 7.73. The molecule has 2 aromatic rings. The largest absolute Gasteiger partial charge is 0.478 e. The van der Waals surface area contributed by atoms with Crippen molar-refractivity contribution in [1.29, 1.82) is 0 Å². The molecule has 0 radical (unpaired) electrons. The van der Waals surface area contributed by atoms with Crippen LogP contribution in [0.3, 0.4) is 0 Å². The van der Waals surface area contributed by atoms with Crippen LogP contribution in [0.2, 0.25) is 0 Å². The maximum atomic E-state index is 12.1. The predicted octanol–water partition coefficient (Wildman–Crippen LogP) is 4.26. The second kappa shape index (κ2) is 6.64. The summed E-state index contributed by atoms with van der Waals surface area (Å²) in [4.78, 5) is 25.3. The quantitative estimate of drug-likeness (QED) is 0.859. The minimum atomic E-state index is -0.862. The van der Waals surface area contributed by atoms with Crippen molar-refractivity contribution >= 4 is 23.2 Å². The maximum absolute atomic E-state index is 12.1. The van der Waals surface area contributed by atoms with Gasteiger partial charge in [-0.25, -0.2) is 4.79 Å². The van der Waals surface area contributed by atoms with E-state index in [2.05, 4.69) is 19.2 Å². The smallest absolute Gasteiger partial charge is 0.337 e. The van der Waals surface area contributed by atoms with Crippen LogP contribution >= 0.6 is 11.3 Å². The van der Waals surface area contributed by atoms with Crippen molar-refractivity contribution in [3.8, 4) is 10.4 Å². The number of amides is 1. The lowest BCUT2D eigenvalue weighted by molar-refractivity contribution is -0.119. The van der Waals surface area contributed by atoms with Gasteiger partial charge in [0.25, 0.3) is 0 Å². The van der Waals surface area contributed by atoms with E-state index in [-0.39, 0.29) is 11.3 Å². The number of carboxylic acid groups (broad SMARTS) is 1. The third-order valence-corrected chi connectivity index (χ3v) is 6.10. The molecule has 1 aliphatic carbocycles. The highest BCUT2D eigenvalue weighted by Crippen LogP contribution is 2.45. The summed E-state index contributed by atoms with van der Waals surface area (Å²) in [7, 11) is 0. The van der Waals surface area contributed by atoms with Gasteiger partial charge in [0.15, 0.2) is 0 Å². The Labute approximate surface area is 151 Å². The number of carboxylic acids is 1. The highest BCUT2D eigenvalue weighted by atomic mass is 32.1. The number of fused-ring (bicyclic) bond motifs is 1. The molecule has 0 unspecified atom stereocenters. The minimum absolute atomic E-state index is 0.0968. The third-order valence-electron chi connectivity index (χ3n) is 4.78. The highest BCUT2D eigenvalue weighted by Gasteiger charge is 2.33. The summed E-state index contributed by atoms with van der Waals surface area (Å²) in [5, 5.41) is 12.7. The molecule has 132 valence electrons. The molecule has 1 heterocycles. The fourth-order valence-corrected chi connectivity index (χ4v) is 4.82. The molecule has 0 aliphatic heterocycles. The molecule has 25 heavy (non-hydrogen) atoms. The minimum Gasteiger partial charge on any atom is -0.478 e. The number of carbonyl (C=O) groups is 2. The van der Waals surface area contributed by atoms with Crippen LogP contribution in [-0.4, -0.2) is 17.0 Å². The molecule has 0 atom stereocenters. The van der Waals surface area contributed by atoms with Gasteiger partial charge in [-0.15, -0.1) is 11.3 Å². The molecule has 0 spiro atoms. The SMILES string of the molecule is CC(=O)NCc1ccccc1-c1sc2c(c1C(=O)O)CC(C)(C)CC2. The molecular weight excluding hydrogens is 334 g/mol.